The predicted molar refractivity (Wildman–Crippen MR) is 337 cm³/mol. The molecule has 2 fully saturated rings. The zero-order valence-electron chi connectivity index (χ0n) is 56.5. The molecule has 20 atom stereocenters. The van der Waals surface area contributed by atoms with Gasteiger partial charge in [-0.1, -0.05) is 82.1 Å². The molecule has 0 aromatic carbocycles. The van der Waals surface area contributed by atoms with E-state index in [0.717, 1.165) is 11.1 Å². The van der Waals surface area contributed by atoms with Gasteiger partial charge >= 0.3 is 11.9 Å². The number of esters is 2. The summed E-state index contributed by atoms with van der Waals surface area (Å²) < 4.78 is 59.9. The Morgan fingerprint density at radius 3 is 1.34 bits per heavy atom. The van der Waals surface area contributed by atoms with Crippen LogP contribution in [0.15, 0.2) is 52.7 Å². The fraction of sp³-hybridized carbons (Fsp3) is 0.818. The van der Waals surface area contributed by atoms with Gasteiger partial charge in [0.1, 0.15) is 24.4 Å². The molecule has 0 saturated carbocycles. The molecule has 0 aromatic rings. The van der Waals surface area contributed by atoms with Gasteiger partial charge in [0.25, 0.3) is 0 Å². The molecule has 88 heavy (non-hydrogen) atoms. The van der Waals surface area contributed by atoms with Crippen molar-refractivity contribution < 1.29 is 76.8 Å². The van der Waals surface area contributed by atoms with Gasteiger partial charge in [0.2, 0.25) is 0 Å². The van der Waals surface area contributed by atoms with Crippen molar-refractivity contribution in [2.24, 2.45) is 58.2 Å². The van der Waals surface area contributed by atoms with Gasteiger partial charge in [-0.2, -0.15) is 0 Å². The van der Waals surface area contributed by atoms with E-state index in [2.05, 4.69) is 10.0 Å². The Kier molecular flexibility index (Phi) is 35.7. The molecule has 22 heteroatoms. The summed E-state index contributed by atoms with van der Waals surface area (Å²) in [5.74, 6) is -2.63. The maximum atomic E-state index is 13.4. The van der Waals surface area contributed by atoms with Crippen LogP contribution < -0.4 is 5.73 Å². The number of hydrogen-bond donors (Lipinski definition) is 3. The molecule has 4 heterocycles. The van der Waals surface area contributed by atoms with Crippen LogP contribution in [0.1, 0.15) is 146 Å². The molecule has 4 N–H and O–H groups in total. The number of likely N-dealkylation sites (N-methyl/N-ethyl adjacent to an activating group) is 2. The third kappa shape index (κ3) is 25.3. The second-order valence-corrected chi connectivity index (χ2v) is 25.6. The molecule has 8 unspecified atom stereocenters. The van der Waals surface area contributed by atoms with Gasteiger partial charge in [-0.15, -0.1) is 0 Å². The van der Waals surface area contributed by atoms with Gasteiger partial charge in [-0.25, -0.2) is 0 Å². The van der Waals surface area contributed by atoms with Gasteiger partial charge in [-0.05, 0) is 149 Å². The lowest BCUT2D eigenvalue weighted by Gasteiger charge is -2.44. The summed E-state index contributed by atoms with van der Waals surface area (Å²) in [5, 5.41) is 26.4. The number of carbonyl (C=O) groups is 4. The molecule has 0 amide bonds. The topological polar surface area (TPSA) is 282 Å². The molecule has 504 valence electrons. The van der Waals surface area contributed by atoms with Gasteiger partial charge in [0, 0.05) is 108 Å². The fourth-order valence-electron chi connectivity index (χ4n) is 12.7. The molecule has 4 aliphatic rings. The number of carbonyl (C=O) groups excluding carboxylic acids is 4. The molecule has 0 bridgehead atoms. The minimum absolute atomic E-state index is 0.000596. The minimum Gasteiger partial charge on any atom is -0.462 e. The van der Waals surface area contributed by atoms with E-state index in [0.29, 0.717) is 70.8 Å². The van der Waals surface area contributed by atoms with Crippen LogP contribution in [0, 0.1) is 47.3 Å². The largest absolute Gasteiger partial charge is 0.462 e. The van der Waals surface area contributed by atoms with Crippen molar-refractivity contribution in [2.75, 3.05) is 69.7 Å². The second kappa shape index (κ2) is 40.1. The highest BCUT2D eigenvalue weighted by atomic mass is 16.7. The zero-order valence-corrected chi connectivity index (χ0v) is 56.5. The number of rotatable bonds is 19. The van der Waals surface area contributed by atoms with Crippen LogP contribution in [0.3, 0.4) is 0 Å². The van der Waals surface area contributed by atoms with Crippen molar-refractivity contribution in [1.29, 1.82) is 0 Å². The molecule has 0 radical (unpaired) electrons. The summed E-state index contributed by atoms with van der Waals surface area (Å²) in [6, 6.07) is -0.302. The summed E-state index contributed by atoms with van der Waals surface area (Å²) in [4.78, 5) is 59.9. The number of ether oxygens (including phenoxy) is 10. The normalized spacial score (nSPS) is 36.9. The Morgan fingerprint density at radius 1 is 0.625 bits per heavy atom. The van der Waals surface area contributed by atoms with Crippen molar-refractivity contribution >= 4 is 23.5 Å². The number of cyclic esters (lactones) is 2. The Hall–Kier alpha value is -3.97. The molecule has 4 aliphatic heterocycles. The van der Waals surface area contributed by atoms with Crippen molar-refractivity contribution in [3.8, 4) is 0 Å². The Balaban J connectivity index is 0.000000461. The van der Waals surface area contributed by atoms with E-state index in [-0.39, 0.29) is 121 Å². The van der Waals surface area contributed by atoms with Gasteiger partial charge in [0.05, 0.1) is 24.4 Å². The fourth-order valence-corrected chi connectivity index (χ4v) is 12.7. The summed E-state index contributed by atoms with van der Waals surface area (Å²) in [6.45, 7) is 19.9. The highest BCUT2D eigenvalue weighted by molar-refractivity contribution is 5.92. The number of methoxy groups -OCH3 is 4. The maximum Gasteiger partial charge on any atom is 0.306 e. The molecule has 4 rings (SSSR count). The Labute approximate surface area is 526 Å². The van der Waals surface area contributed by atoms with Crippen LogP contribution in [-0.2, 0) is 66.5 Å². The first kappa shape index (κ1) is 78.3. The predicted octanol–water partition coefficient (Wildman–Crippen LogP) is 9.05. The van der Waals surface area contributed by atoms with Crippen LogP contribution in [0.5, 0.6) is 0 Å². The monoisotopic (exact) mass is 1250 g/mol. The number of aliphatic hydroxyl groups excluding tert-OH is 2. The van der Waals surface area contributed by atoms with E-state index < -0.39 is 55.7 Å². The summed E-state index contributed by atoms with van der Waals surface area (Å²) >= 11 is 0. The zero-order chi connectivity index (χ0) is 65.9. The van der Waals surface area contributed by atoms with Crippen molar-refractivity contribution in [3.05, 3.63) is 58.0 Å². The van der Waals surface area contributed by atoms with Crippen molar-refractivity contribution in [1.82, 2.24) is 9.80 Å². The average Bonchev–Trinajstić information content (AvgIpc) is 1.45. The first-order valence-electron chi connectivity index (χ1n) is 32.0. The maximum absolute atomic E-state index is 13.4. The number of nitrogens with two attached hydrogens (primary N) is 1. The molecular formula is C66H114N6O16. The van der Waals surface area contributed by atoms with E-state index in [1.165, 1.54) is 0 Å². The lowest BCUT2D eigenvalue weighted by atomic mass is 9.80. The van der Waals surface area contributed by atoms with E-state index in [1.807, 2.05) is 119 Å². The van der Waals surface area contributed by atoms with Crippen LogP contribution >= 0.6 is 0 Å². The lowest BCUT2D eigenvalue weighted by molar-refractivity contribution is -0.282. The molecule has 22 nitrogen and oxygen atoms in total. The smallest absolute Gasteiger partial charge is 0.306 e. The highest BCUT2D eigenvalue weighted by Gasteiger charge is 2.45. The molecule has 0 aromatic heterocycles. The van der Waals surface area contributed by atoms with E-state index in [9.17, 15) is 29.4 Å². The van der Waals surface area contributed by atoms with Crippen LogP contribution in [0.4, 0.5) is 0 Å². The average molecular weight is 1250 g/mol. The highest BCUT2D eigenvalue weighted by Crippen LogP contribution is 2.38. The SMILES string of the molecule is CC[C@H]1OC(=O)CC[C@H](C)[C@@H](OC2OC(C)CC(N(C)C)C2O)[C@@H](CC(OC)OC)C[C@@H](C)C(=O)/C=C/C(C)=C/[C@@H]1CN.CC[C@H]1OC(=O)CC[C@H](C)[C@@H](OC2OC(C)CC(N(C)C)C2O)[C@@H](CC(OC)OC)C[C@@H](C)C(=O)/C=C/C(C)=C/[C@@H]1CN=[N+]=[N-]. The number of ketones is 2. The Bertz CT molecular complexity index is 2270. The van der Waals surface area contributed by atoms with Gasteiger partial charge in [-0.3, -0.25) is 19.2 Å². The third-order valence-electron chi connectivity index (χ3n) is 18.0. The summed E-state index contributed by atoms with van der Waals surface area (Å²) in [7, 11) is 14.0. The number of allylic oxidation sites excluding steroid dienone is 6. The number of azide groups is 1. The van der Waals surface area contributed by atoms with Crippen LogP contribution in [-0.4, -0.2) is 199 Å². The number of nitrogens with zero attached hydrogens (tertiary/aromatic N) is 5. The Morgan fingerprint density at radius 2 is 1.00 bits per heavy atom. The molecule has 2 saturated heterocycles. The standard InChI is InChI=1S/C33H56N4O8.C33H58N2O8/c1-10-28-25(19-35-36-34)15-20(2)11-13-27(38)22(4)16-24(18-30(41-8)42-9)32(21(3)12-14-29(39)44-28)45-33-31(40)26(37(6)7)17-23(5)43-33;1-10-28-25(19-34)15-20(2)11-13-27(36)22(4)16-24(18-30(39-8)40-9)32(21(3)12-14-29(37)42-28)43-33-31(38)26(35(6)7)17-23(5)41-33/h11,13,15,21-26,28,30-33,40H,10,12,14,16-19H2,1-9H3;11,13,15,21-26,28,30-33,38H,10,12,14,16-19,34H2,1-9H3/b2*13-11+,20-15+/t2*21-,22+,23?,24+,25+,26?,28+,31?,32+,33?/m00/s1. The lowest BCUT2D eigenvalue weighted by Crippen LogP contribution is -2.56. The van der Waals surface area contributed by atoms with Crippen molar-refractivity contribution in [3.63, 3.8) is 0 Å². The second-order valence-electron chi connectivity index (χ2n) is 25.6. The minimum atomic E-state index is -0.901. The van der Waals surface area contributed by atoms with Crippen molar-refractivity contribution in [2.45, 2.75) is 232 Å². The first-order chi connectivity index (χ1) is 41.7. The number of aliphatic hydroxyl groups is 2. The molecule has 0 spiro atoms. The van der Waals surface area contributed by atoms with E-state index >= 15 is 0 Å². The van der Waals surface area contributed by atoms with E-state index in [4.69, 9.17) is 58.6 Å². The molecular weight excluding hydrogens is 1130 g/mol. The summed E-state index contributed by atoms with van der Waals surface area (Å²) in [5.41, 5.74) is 16.7. The van der Waals surface area contributed by atoms with Crippen LogP contribution in [0.25, 0.3) is 10.4 Å². The first-order valence-corrected chi connectivity index (χ1v) is 32.0. The quantitative estimate of drug-likeness (QED) is 0.0357. The number of hydrogen-bond acceptors (Lipinski definition) is 20. The molecule has 0 aliphatic carbocycles. The summed E-state index contributed by atoms with van der Waals surface area (Å²) in [6.07, 6.45) is 9.47. The van der Waals surface area contributed by atoms with E-state index in [1.54, 1.807) is 52.7 Å². The third-order valence-corrected chi connectivity index (χ3v) is 18.0. The van der Waals surface area contributed by atoms with Gasteiger partial charge < -0.3 is 73.1 Å². The van der Waals surface area contributed by atoms with Crippen LogP contribution in [0.2, 0.25) is 0 Å². The van der Waals surface area contributed by atoms with Gasteiger partial charge in [0.15, 0.2) is 36.7 Å².